The summed E-state index contributed by atoms with van der Waals surface area (Å²) in [5.74, 6) is -0.478. The summed E-state index contributed by atoms with van der Waals surface area (Å²) in [4.78, 5) is 28.2. The van der Waals surface area contributed by atoms with Gasteiger partial charge in [-0.05, 0) is 47.6 Å². The molecule has 0 saturated heterocycles. The van der Waals surface area contributed by atoms with E-state index in [9.17, 15) is 14.7 Å². The van der Waals surface area contributed by atoms with Crippen molar-refractivity contribution >= 4 is 17.6 Å². The second-order valence-electron chi connectivity index (χ2n) is 10.1. The Bertz CT molecular complexity index is 1140. The predicted molar refractivity (Wildman–Crippen MR) is 130 cm³/mol. The minimum atomic E-state index is -1.48. The van der Waals surface area contributed by atoms with Crippen LogP contribution in [-0.2, 0) is 16.6 Å². The third-order valence-corrected chi connectivity index (χ3v) is 6.14. The van der Waals surface area contributed by atoms with Crippen LogP contribution in [0.5, 0.6) is 11.5 Å². The monoisotopic (exact) mass is 464 g/mol. The van der Waals surface area contributed by atoms with E-state index < -0.39 is 17.4 Å². The first-order valence-electron chi connectivity index (χ1n) is 11.3. The number of carbonyl (C=O) groups is 2. The zero-order chi connectivity index (χ0) is 25.3. The lowest BCUT2D eigenvalue weighted by molar-refractivity contribution is -0.143. The Kier molecular flexibility index (Phi) is 6.92. The fourth-order valence-corrected chi connectivity index (χ4v) is 4.76. The van der Waals surface area contributed by atoms with Crippen LogP contribution >= 0.6 is 0 Å². The number of carboxylic acid groups (broad SMARTS) is 1. The standard InChI is InChI=1S/C27H32N2O5/c1-17(2)15-27(25(31)32)16-19-21(8-7-9-22(19)34-13-12-28)29(27)24(30)18-10-11-20(26(3,4)5)23(14-18)33-6/h7-11,14,17H,13,15-16H2,1-6H3,(H,31,32). The second kappa shape index (κ2) is 9.38. The number of benzene rings is 2. The summed E-state index contributed by atoms with van der Waals surface area (Å²) in [6.45, 7) is 9.88. The molecule has 1 aliphatic heterocycles. The predicted octanol–water partition coefficient (Wildman–Crippen LogP) is 4.97. The average Bonchev–Trinajstić information content (AvgIpc) is 3.11. The van der Waals surface area contributed by atoms with Gasteiger partial charge < -0.3 is 14.6 Å². The average molecular weight is 465 g/mol. The van der Waals surface area contributed by atoms with E-state index >= 15 is 0 Å². The van der Waals surface area contributed by atoms with Gasteiger partial charge in [0.15, 0.2) is 6.61 Å². The van der Waals surface area contributed by atoms with E-state index in [0.717, 1.165) is 5.56 Å². The molecule has 1 atom stereocenters. The zero-order valence-corrected chi connectivity index (χ0v) is 20.6. The first kappa shape index (κ1) is 25.1. The lowest BCUT2D eigenvalue weighted by atomic mass is 9.84. The molecule has 2 aromatic rings. The maximum atomic E-state index is 14.0. The number of hydrogen-bond donors (Lipinski definition) is 1. The molecule has 34 heavy (non-hydrogen) atoms. The van der Waals surface area contributed by atoms with Crippen molar-refractivity contribution in [3.8, 4) is 17.6 Å². The molecule has 2 aromatic carbocycles. The Hall–Kier alpha value is -3.53. The fraction of sp³-hybridized carbons (Fsp3) is 0.444. The largest absolute Gasteiger partial charge is 0.496 e. The smallest absolute Gasteiger partial charge is 0.330 e. The maximum absolute atomic E-state index is 14.0. The number of carboxylic acids is 1. The highest BCUT2D eigenvalue weighted by atomic mass is 16.5. The zero-order valence-electron chi connectivity index (χ0n) is 20.6. The number of anilines is 1. The minimum Gasteiger partial charge on any atom is -0.496 e. The quantitative estimate of drug-likeness (QED) is 0.621. The van der Waals surface area contributed by atoms with E-state index in [1.54, 1.807) is 37.4 Å². The van der Waals surface area contributed by atoms with Gasteiger partial charge in [0.1, 0.15) is 23.1 Å². The van der Waals surface area contributed by atoms with Crippen molar-refractivity contribution in [1.29, 1.82) is 5.26 Å². The van der Waals surface area contributed by atoms with E-state index in [1.165, 1.54) is 4.90 Å². The third kappa shape index (κ3) is 4.45. The van der Waals surface area contributed by atoms with Crippen molar-refractivity contribution < 1.29 is 24.2 Å². The molecule has 180 valence electrons. The molecular weight excluding hydrogens is 432 g/mol. The number of methoxy groups -OCH3 is 1. The first-order chi connectivity index (χ1) is 16.0. The number of carbonyl (C=O) groups excluding carboxylic acids is 1. The van der Waals surface area contributed by atoms with Crippen LogP contribution in [0.25, 0.3) is 0 Å². The molecule has 0 spiro atoms. The Morgan fingerprint density at radius 2 is 1.91 bits per heavy atom. The fourth-order valence-electron chi connectivity index (χ4n) is 4.76. The molecule has 0 aliphatic carbocycles. The van der Waals surface area contributed by atoms with Crippen molar-refractivity contribution in [1.82, 2.24) is 0 Å². The maximum Gasteiger partial charge on any atom is 0.330 e. The van der Waals surface area contributed by atoms with E-state index in [4.69, 9.17) is 14.7 Å². The molecular formula is C27H32N2O5. The molecule has 1 aliphatic rings. The molecule has 1 heterocycles. The van der Waals surface area contributed by atoms with E-state index in [-0.39, 0.29) is 30.8 Å². The van der Waals surface area contributed by atoms with Crippen molar-refractivity contribution in [3.63, 3.8) is 0 Å². The number of nitriles is 1. The lowest BCUT2D eigenvalue weighted by Gasteiger charge is -2.36. The topological polar surface area (TPSA) is 99.9 Å². The van der Waals surface area contributed by atoms with Crippen LogP contribution in [0.1, 0.15) is 62.5 Å². The van der Waals surface area contributed by atoms with Gasteiger partial charge in [-0.25, -0.2) is 4.79 Å². The lowest BCUT2D eigenvalue weighted by Crippen LogP contribution is -2.56. The van der Waals surface area contributed by atoms with E-state index in [0.29, 0.717) is 28.3 Å². The summed E-state index contributed by atoms with van der Waals surface area (Å²) in [7, 11) is 1.56. The van der Waals surface area contributed by atoms with Crippen LogP contribution in [0.4, 0.5) is 5.69 Å². The molecule has 1 amide bonds. The Balaban J connectivity index is 2.20. The van der Waals surface area contributed by atoms with Crippen LogP contribution in [0.3, 0.4) is 0 Å². The Morgan fingerprint density at radius 3 is 2.47 bits per heavy atom. The van der Waals surface area contributed by atoms with Gasteiger partial charge in [-0.3, -0.25) is 9.69 Å². The van der Waals surface area contributed by atoms with Crippen molar-refractivity contribution in [2.75, 3.05) is 18.6 Å². The second-order valence-corrected chi connectivity index (χ2v) is 10.1. The number of amides is 1. The minimum absolute atomic E-state index is 0.0157. The number of aliphatic carboxylic acids is 1. The van der Waals surface area contributed by atoms with E-state index in [1.807, 2.05) is 26.0 Å². The molecule has 0 bridgehead atoms. The van der Waals surface area contributed by atoms with Crippen LogP contribution in [-0.4, -0.2) is 36.2 Å². The van der Waals surface area contributed by atoms with Crippen LogP contribution in [0.2, 0.25) is 0 Å². The normalized spacial score (nSPS) is 17.3. The van der Waals surface area contributed by atoms with Crippen molar-refractivity contribution in [3.05, 3.63) is 53.1 Å². The van der Waals surface area contributed by atoms with Gasteiger partial charge in [0.25, 0.3) is 5.91 Å². The summed E-state index contributed by atoms with van der Waals surface area (Å²) >= 11 is 0. The van der Waals surface area contributed by atoms with Crippen LogP contribution in [0, 0.1) is 17.2 Å². The molecule has 1 unspecified atom stereocenters. The molecule has 7 heteroatoms. The molecule has 0 saturated carbocycles. The molecule has 3 rings (SSSR count). The van der Waals surface area contributed by atoms with Gasteiger partial charge in [0, 0.05) is 17.5 Å². The van der Waals surface area contributed by atoms with Gasteiger partial charge in [0.05, 0.1) is 12.8 Å². The summed E-state index contributed by atoms with van der Waals surface area (Å²) in [5, 5.41) is 19.4. The van der Waals surface area contributed by atoms with Crippen molar-refractivity contribution in [2.24, 2.45) is 5.92 Å². The number of fused-ring (bicyclic) bond motifs is 1. The molecule has 7 nitrogen and oxygen atoms in total. The van der Waals surface area contributed by atoms with Crippen LogP contribution < -0.4 is 14.4 Å². The number of rotatable bonds is 7. The number of hydrogen-bond acceptors (Lipinski definition) is 5. The third-order valence-electron chi connectivity index (χ3n) is 6.14. The van der Waals surface area contributed by atoms with Gasteiger partial charge in [-0.15, -0.1) is 0 Å². The van der Waals surface area contributed by atoms with Crippen LogP contribution in [0.15, 0.2) is 36.4 Å². The van der Waals surface area contributed by atoms with Gasteiger partial charge in [0.2, 0.25) is 0 Å². The SMILES string of the molecule is COc1cc(C(=O)N2c3cccc(OCC#N)c3CC2(CC(C)C)C(=O)O)ccc1C(C)(C)C. The highest BCUT2D eigenvalue weighted by molar-refractivity contribution is 6.13. The summed E-state index contributed by atoms with van der Waals surface area (Å²) in [5.41, 5.74) is 0.732. The van der Waals surface area contributed by atoms with Gasteiger partial charge >= 0.3 is 5.97 Å². The van der Waals surface area contributed by atoms with Gasteiger partial charge in [-0.2, -0.15) is 5.26 Å². The molecule has 1 N–H and O–H groups in total. The summed E-state index contributed by atoms with van der Waals surface area (Å²) in [6, 6.07) is 12.4. The van der Waals surface area contributed by atoms with Crippen molar-refractivity contribution in [2.45, 2.75) is 58.4 Å². The molecule has 0 fully saturated rings. The summed E-state index contributed by atoms with van der Waals surface area (Å²) < 4.78 is 11.2. The highest BCUT2D eigenvalue weighted by Crippen LogP contribution is 2.47. The first-order valence-corrected chi connectivity index (χ1v) is 11.3. The number of nitrogens with zero attached hydrogens (tertiary/aromatic N) is 2. The molecule has 0 aromatic heterocycles. The Labute approximate surface area is 200 Å². The highest BCUT2D eigenvalue weighted by Gasteiger charge is 2.54. The van der Waals surface area contributed by atoms with E-state index in [2.05, 4.69) is 20.8 Å². The number of ether oxygens (including phenoxy) is 2. The molecule has 0 radical (unpaired) electrons. The van der Waals surface area contributed by atoms with Gasteiger partial charge in [-0.1, -0.05) is 46.8 Å². The summed E-state index contributed by atoms with van der Waals surface area (Å²) in [6.07, 6.45) is 0.359. The Morgan fingerprint density at radius 1 is 1.21 bits per heavy atom.